The van der Waals surface area contributed by atoms with Crippen LogP contribution in [0.2, 0.25) is 5.02 Å². The molecule has 3 N–H and O–H groups in total. The van der Waals surface area contributed by atoms with Gasteiger partial charge in [0.25, 0.3) is 0 Å². The Morgan fingerprint density at radius 2 is 2.05 bits per heavy atom. The fraction of sp³-hybridized carbons (Fsp3) is 0.500. The van der Waals surface area contributed by atoms with Gasteiger partial charge in [-0.25, -0.2) is 0 Å². The molecule has 0 spiro atoms. The summed E-state index contributed by atoms with van der Waals surface area (Å²) >= 11 is 5.56. The van der Waals surface area contributed by atoms with E-state index in [1.54, 1.807) is 24.3 Å². The number of carboxylic acids is 1. The van der Waals surface area contributed by atoms with E-state index in [0.717, 1.165) is 17.3 Å². The number of rotatable bonds is 2. The summed E-state index contributed by atoms with van der Waals surface area (Å²) in [5.74, 6) is -0.771. The van der Waals surface area contributed by atoms with Crippen molar-refractivity contribution in [2.24, 2.45) is 0 Å². The molecule has 1 aromatic carbocycles. The number of hydrogen-bond donors (Lipinski definition) is 2. The summed E-state index contributed by atoms with van der Waals surface area (Å²) in [6.07, 6.45) is 0. The quantitative estimate of drug-likeness (QED) is 0.818. The first kappa shape index (κ1) is 16.8. The van der Waals surface area contributed by atoms with Gasteiger partial charge in [0.1, 0.15) is 0 Å². The number of nitrogens with zero attached hydrogens (tertiary/aromatic N) is 1. The van der Waals surface area contributed by atoms with E-state index in [-0.39, 0.29) is 12.1 Å². The van der Waals surface area contributed by atoms with Crippen molar-refractivity contribution in [1.82, 2.24) is 4.90 Å². The van der Waals surface area contributed by atoms with Gasteiger partial charge in [0.05, 0.1) is 18.8 Å². The number of aliphatic carboxylic acids is 1. The van der Waals surface area contributed by atoms with Gasteiger partial charge in [-0.3, -0.25) is 9.69 Å². The molecule has 0 atom stereocenters. The minimum absolute atomic E-state index is 0.118. The third kappa shape index (κ3) is 6.75. The lowest BCUT2D eigenvalue weighted by atomic mass is 10.1. The highest BCUT2D eigenvalue weighted by molar-refractivity contribution is 6.30. The maximum absolute atomic E-state index is 10.4. The Morgan fingerprint density at radius 1 is 1.45 bits per heavy atom. The lowest BCUT2D eigenvalue weighted by Crippen LogP contribution is -2.49. The summed E-state index contributed by atoms with van der Waals surface area (Å²) in [6, 6.07) is 7.05. The molecule has 5 nitrogen and oxygen atoms in total. The van der Waals surface area contributed by atoms with Crippen molar-refractivity contribution in [2.45, 2.75) is 19.4 Å². The minimum atomic E-state index is -0.771. The van der Waals surface area contributed by atoms with E-state index in [0.29, 0.717) is 13.2 Å². The van der Waals surface area contributed by atoms with E-state index < -0.39 is 5.97 Å². The van der Waals surface area contributed by atoms with Crippen LogP contribution >= 0.6 is 11.6 Å². The zero-order valence-corrected chi connectivity index (χ0v) is 12.6. The average Bonchev–Trinajstić information content (AvgIpc) is 2.31. The number of halogens is 1. The second kappa shape index (κ2) is 7.47. The molecule has 0 saturated carbocycles. The number of nitrogens with two attached hydrogens (primary N) is 1. The number of carbonyl (C=O) groups is 1. The third-order valence-corrected chi connectivity index (χ3v) is 2.99. The predicted molar refractivity (Wildman–Crippen MR) is 80.0 cm³/mol. The summed E-state index contributed by atoms with van der Waals surface area (Å²) in [7, 11) is 0. The Morgan fingerprint density at radius 3 is 2.50 bits per heavy atom. The van der Waals surface area contributed by atoms with E-state index in [4.69, 9.17) is 27.2 Å². The largest absolute Gasteiger partial charge is 0.480 e. The fourth-order valence-corrected chi connectivity index (χ4v) is 2.03. The van der Waals surface area contributed by atoms with Gasteiger partial charge in [-0.2, -0.15) is 0 Å². The SMILES string of the molecule is CC1(C)CN(CC(=O)O)CCO1.Nc1ccc(Cl)cc1. The molecule has 0 aromatic heterocycles. The van der Waals surface area contributed by atoms with Crippen LogP contribution in [0.3, 0.4) is 0 Å². The first-order valence-electron chi connectivity index (χ1n) is 6.38. The van der Waals surface area contributed by atoms with Crippen molar-refractivity contribution in [3.63, 3.8) is 0 Å². The van der Waals surface area contributed by atoms with Gasteiger partial charge < -0.3 is 15.6 Å². The number of carboxylic acid groups (broad SMARTS) is 1. The van der Waals surface area contributed by atoms with E-state index in [1.165, 1.54) is 0 Å². The smallest absolute Gasteiger partial charge is 0.317 e. The number of ether oxygens (including phenoxy) is 1. The zero-order valence-electron chi connectivity index (χ0n) is 11.8. The van der Waals surface area contributed by atoms with Gasteiger partial charge >= 0.3 is 5.97 Å². The zero-order chi connectivity index (χ0) is 15.2. The van der Waals surface area contributed by atoms with Crippen molar-refractivity contribution in [1.29, 1.82) is 0 Å². The first-order chi connectivity index (χ1) is 9.28. The summed E-state index contributed by atoms with van der Waals surface area (Å²) in [5, 5.41) is 9.27. The van der Waals surface area contributed by atoms with Crippen LogP contribution in [0.5, 0.6) is 0 Å². The van der Waals surface area contributed by atoms with Crippen LogP contribution in [0.4, 0.5) is 5.69 Å². The number of benzene rings is 1. The molecule has 0 amide bonds. The maximum atomic E-state index is 10.4. The molecule has 0 aliphatic carbocycles. The van der Waals surface area contributed by atoms with Crippen molar-refractivity contribution < 1.29 is 14.6 Å². The molecule has 1 aromatic rings. The highest BCUT2D eigenvalue weighted by atomic mass is 35.5. The molecule has 20 heavy (non-hydrogen) atoms. The lowest BCUT2D eigenvalue weighted by Gasteiger charge is -2.37. The maximum Gasteiger partial charge on any atom is 0.317 e. The van der Waals surface area contributed by atoms with Crippen molar-refractivity contribution in [3.05, 3.63) is 29.3 Å². The van der Waals surface area contributed by atoms with E-state index in [1.807, 2.05) is 18.7 Å². The Bertz CT molecular complexity index is 414. The number of morpholine rings is 1. The molecule has 0 bridgehead atoms. The fourth-order valence-electron chi connectivity index (χ4n) is 1.90. The lowest BCUT2D eigenvalue weighted by molar-refractivity contribution is -0.142. The van der Waals surface area contributed by atoms with Gasteiger partial charge in [0.2, 0.25) is 0 Å². The third-order valence-electron chi connectivity index (χ3n) is 2.73. The second-order valence-electron chi connectivity index (χ2n) is 5.26. The highest BCUT2D eigenvalue weighted by Crippen LogP contribution is 2.15. The normalized spacial score (nSPS) is 17.9. The number of anilines is 1. The predicted octanol–water partition coefficient (Wildman–Crippen LogP) is 2.10. The standard InChI is InChI=1S/C8H15NO3.C6H6ClN/c1-8(2)6-9(3-4-12-8)5-7(10)11;7-5-1-3-6(8)4-2-5/h3-6H2,1-2H3,(H,10,11);1-4H,8H2. The molecule has 1 fully saturated rings. The molecule has 2 rings (SSSR count). The highest BCUT2D eigenvalue weighted by Gasteiger charge is 2.27. The van der Waals surface area contributed by atoms with Gasteiger partial charge in [0.15, 0.2) is 0 Å². The molecule has 1 heterocycles. The monoisotopic (exact) mass is 300 g/mol. The van der Waals surface area contributed by atoms with Crippen LogP contribution in [0.25, 0.3) is 0 Å². The topological polar surface area (TPSA) is 75.8 Å². The summed E-state index contributed by atoms with van der Waals surface area (Å²) < 4.78 is 5.44. The molecule has 1 aliphatic heterocycles. The minimum Gasteiger partial charge on any atom is -0.480 e. The van der Waals surface area contributed by atoms with Crippen LogP contribution in [-0.2, 0) is 9.53 Å². The molecular weight excluding hydrogens is 280 g/mol. The van der Waals surface area contributed by atoms with Gasteiger partial charge in [-0.05, 0) is 38.1 Å². The summed E-state index contributed by atoms with van der Waals surface area (Å²) in [6.45, 7) is 6.10. The van der Waals surface area contributed by atoms with Crippen LogP contribution < -0.4 is 5.73 Å². The Balaban J connectivity index is 0.000000217. The van der Waals surface area contributed by atoms with Crippen LogP contribution in [0.1, 0.15) is 13.8 Å². The summed E-state index contributed by atoms with van der Waals surface area (Å²) in [4.78, 5) is 12.3. The van der Waals surface area contributed by atoms with Crippen LogP contribution in [-0.4, -0.2) is 47.8 Å². The molecule has 6 heteroatoms. The Labute approximate surface area is 124 Å². The van der Waals surface area contributed by atoms with Crippen LogP contribution in [0.15, 0.2) is 24.3 Å². The number of nitrogen functional groups attached to an aromatic ring is 1. The van der Waals surface area contributed by atoms with Gasteiger partial charge in [-0.1, -0.05) is 11.6 Å². The van der Waals surface area contributed by atoms with Gasteiger partial charge in [0, 0.05) is 23.8 Å². The molecule has 1 saturated heterocycles. The van der Waals surface area contributed by atoms with Crippen molar-refractivity contribution in [2.75, 3.05) is 32.0 Å². The Hall–Kier alpha value is -1.30. The molecule has 0 unspecified atom stereocenters. The number of hydrogen-bond acceptors (Lipinski definition) is 4. The second-order valence-corrected chi connectivity index (χ2v) is 5.70. The van der Waals surface area contributed by atoms with Crippen LogP contribution in [0, 0.1) is 0 Å². The average molecular weight is 301 g/mol. The Kier molecular flexibility index (Phi) is 6.26. The van der Waals surface area contributed by atoms with E-state index in [2.05, 4.69) is 0 Å². The first-order valence-corrected chi connectivity index (χ1v) is 6.75. The van der Waals surface area contributed by atoms with E-state index in [9.17, 15) is 4.79 Å². The van der Waals surface area contributed by atoms with E-state index >= 15 is 0 Å². The van der Waals surface area contributed by atoms with Crippen molar-refractivity contribution >= 4 is 23.3 Å². The molecule has 112 valence electrons. The summed E-state index contributed by atoms with van der Waals surface area (Å²) in [5.41, 5.74) is 5.91. The van der Waals surface area contributed by atoms with Gasteiger partial charge in [-0.15, -0.1) is 0 Å². The van der Waals surface area contributed by atoms with Crippen molar-refractivity contribution in [3.8, 4) is 0 Å². The molecule has 1 aliphatic rings. The molecule has 0 radical (unpaired) electrons. The molecular formula is C14H21ClN2O3.